The molecule has 1 aromatic heterocycles. The van der Waals surface area contributed by atoms with Gasteiger partial charge in [-0.25, -0.2) is 4.98 Å². The van der Waals surface area contributed by atoms with Crippen molar-refractivity contribution in [2.24, 2.45) is 5.73 Å². The summed E-state index contributed by atoms with van der Waals surface area (Å²) in [5.41, 5.74) is 4.77. The Morgan fingerprint density at radius 1 is 1.67 bits per heavy atom. The zero-order valence-corrected chi connectivity index (χ0v) is 6.86. The van der Waals surface area contributed by atoms with Crippen LogP contribution in [0.15, 0.2) is 11.6 Å². The molecule has 0 fully saturated rings. The van der Waals surface area contributed by atoms with Gasteiger partial charge < -0.3 is 15.9 Å². The van der Waals surface area contributed by atoms with Crippen LogP contribution in [0.3, 0.4) is 0 Å². The van der Waals surface area contributed by atoms with Crippen LogP contribution in [-0.4, -0.2) is 27.2 Å². The lowest BCUT2D eigenvalue weighted by molar-refractivity contribution is -0.131. The number of amides is 1. The molecule has 4 N–H and O–H groups in total. The van der Waals surface area contributed by atoms with Gasteiger partial charge in [-0.2, -0.15) is 0 Å². The first kappa shape index (κ1) is 9.11. The molecule has 0 radical (unpaired) electrons. The molecule has 1 heterocycles. The first-order chi connectivity index (χ1) is 5.63. The van der Waals surface area contributed by atoms with Gasteiger partial charge in [-0.1, -0.05) is 0 Å². The first-order valence-corrected chi connectivity index (χ1v) is 4.05. The number of nitrogens with two attached hydrogens (primary N) is 1. The fourth-order valence-corrected chi connectivity index (χ4v) is 1.32. The van der Waals surface area contributed by atoms with E-state index in [1.165, 1.54) is 6.20 Å². The van der Waals surface area contributed by atoms with Gasteiger partial charge in [-0.15, -0.1) is 11.3 Å². The van der Waals surface area contributed by atoms with E-state index in [1.807, 2.05) is 0 Å². The number of aromatic nitrogens is 1. The number of primary amides is 1. The average Bonchev–Trinajstić information content (AvgIpc) is 2.53. The molecular formula is C6H8N2O3S. The minimum Gasteiger partial charge on any atom is -0.383 e. The second-order valence-electron chi connectivity index (χ2n) is 2.16. The van der Waals surface area contributed by atoms with Crippen molar-refractivity contribution in [1.29, 1.82) is 0 Å². The number of aliphatic hydroxyl groups is 2. The summed E-state index contributed by atoms with van der Waals surface area (Å²) < 4.78 is 0. The molecule has 0 aliphatic rings. The van der Waals surface area contributed by atoms with E-state index >= 15 is 0 Å². The third kappa shape index (κ3) is 1.79. The average molecular weight is 188 g/mol. The van der Waals surface area contributed by atoms with Gasteiger partial charge in [0.2, 0.25) is 5.91 Å². The highest BCUT2D eigenvalue weighted by molar-refractivity contribution is 7.09. The summed E-state index contributed by atoms with van der Waals surface area (Å²) in [6, 6.07) is 0. The van der Waals surface area contributed by atoms with Crippen molar-refractivity contribution >= 4 is 17.2 Å². The van der Waals surface area contributed by atoms with Crippen LogP contribution in [0.4, 0.5) is 0 Å². The van der Waals surface area contributed by atoms with Crippen LogP contribution in [-0.2, 0) is 4.79 Å². The summed E-state index contributed by atoms with van der Waals surface area (Å²) in [5.74, 6) is -0.960. The Balaban J connectivity index is 2.71. The molecule has 0 spiro atoms. The van der Waals surface area contributed by atoms with E-state index in [1.54, 1.807) is 5.38 Å². The van der Waals surface area contributed by atoms with E-state index in [-0.39, 0.29) is 5.01 Å². The van der Waals surface area contributed by atoms with Crippen LogP contribution in [0.5, 0.6) is 0 Å². The molecule has 0 saturated heterocycles. The molecule has 1 amide bonds. The number of carbonyl (C=O) groups excluding carboxylic acids is 1. The van der Waals surface area contributed by atoms with Crippen LogP contribution in [0.1, 0.15) is 11.1 Å². The molecule has 0 aromatic carbocycles. The van der Waals surface area contributed by atoms with Gasteiger partial charge in [-0.05, 0) is 0 Å². The van der Waals surface area contributed by atoms with Gasteiger partial charge in [0.1, 0.15) is 11.1 Å². The molecule has 5 nitrogen and oxygen atoms in total. The van der Waals surface area contributed by atoms with Crippen molar-refractivity contribution in [3.8, 4) is 0 Å². The molecule has 12 heavy (non-hydrogen) atoms. The highest BCUT2D eigenvalue weighted by Crippen LogP contribution is 2.18. The number of carbonyl (C=O) groups is 1. The van der Waals surface area contributed by atoms with E-state index < -0.39 is 18.1 Å². The van der Waals surface area contributed by atoms with Gasteiger partial charge in [0.05, 0.1) is 0 Å². The monoisotopic (exact) mass is 188 g/mol. The zero-order valence-electron chi connectivity index (χ0n) is 6.04. The topological polar surface area (TPSA) is 96.4 Å². The molecule has 1 aromatic rings. The molecule has 2 atom stereocenters. The van der Waals surface area contributed by atoms with Crippen molar-refractivity contribution in [1.82, 2.24) is 4.98 Å². The summed E-state index contributed by atoms with van der Waals surface area (Å²) in [4.78, 5) is 14.1. The van der Waals surface area contributed by atoms with E-state index in [0.717, 1.165) is 11.3 Å². The van der Waals surface area contributed by atoms with Gasteiger partial charge >= 0.3 is 0 Å². The molecule has 6 heteroatoms. The maximum absolute atomic E-state index is 10.4. The van der Waals surface area contributed by atoms with E-state index in [2.05, 4.69) is 4.98 Å². The second kappa shape index (κ2) is 3.61. The molecule has 0 aliphatic carbocycles. The SMILES string of the molecule is NC(=O)C(O)C(O)c1nccs1. The second-order valence-corrected chi connectivity index (χ2v) is 3.09. The molecule has 1 rings (SSSR count). The fraction of sp³-hybridized carbons (Fsp3) is 0.333. The molecule has 2 unspecified atom stereocenters. The predicted molar refractivity (Wildman–Crippen MR) is 42.3 cm³/mol. The summed E-state index contributed by atoms with van der Waals surface area (Å²) in [6.45, 7) is 0. The standard InChI is InChI=1S/C6H8N2O3S/c7-5(11)3(9)4(10)6-8-1-2-12-6/h1-4,9-10H,(H2,7,11). The number of thiazole rings is 1. The van der Waals surface area contributed by atoms with Crippen LogP contribution < -0.4 is 5.73 Å². The Kier molecular flexibility index (Phi) is 2.74. The Hall–Kier alpha value is -0.980. The number of nitrogens with zero attached hydrogens (tertiary/aromatic N) is 1. The van der Waals surface area contributed by atoms with Crippen LogP contribution in [0, 0.1) is 0 Å². The van der Waals surface area contributed by atoms with E-state index in [0.29, 0.717) is 0 Å². The smallest absolute Gasteiger partial charge is 0.249 e. The molecule has 0 aliphatic heterocycles. The van der Waals surface area contributed by atoms with Gasteiger partial charge in [-0.3, -0.25) is 4.79 Å². The number of hydrogen-bond donors (Lipinski definition) is 3. The minimum atomic E-state index is -1.59. The van der Waals surface area contributed by atoms with E-state index in [9.17, 15) is 9.90 Å². The lowest BCUT2D eigenvalue weighted by Gasteiger charge is -2.10. The highest BCUT2D eigenvalue weighted by atomic mass is 32.1. The third-order valence-corrected chi connectivity index (χ3v) is 2.14. The Morgan fingerprint density at radius 2 is 2.33 bits per heavy atom. The van der Waals surface area contributed by atoms with Crippen molar-refractivity contribution in [2.75, 3.05) is 0 Å². The van der Waals surface area contributed by atoms with Crippen molar-refractivity contribution < 1.29 is 15.0 Å². The van der Waals surface area contributed by atoms with Crippen LogP contribution in [0.2, 0.25) is 0 Å². The molecule has 66 valence electrons. The minimum absolute atomic E-state index is 0.279. The summed E-state index contributed by atoms with van der Waals surface area (Å²) in [7, 11) is 0. The van der Waals surface area contributed by atoms with Gasteiger partial charge in [0, 0.05) is 11.6 Å². The number of aliphatic hydroxyl groups excluding tert-OH is 2. The highest BCUT2D eigenvalue weighted by Gasteiger charge is 2.24. The Bertz CT molecular complexity index is 262. The summed E-state index contributed by atoms with van der Waals surface area (Å²) in [6.07, 6.45) is -1.43. The Morgan fingerprint density at radius 3 is 2.75 bits per heavy atom. The quantitative estimate of drug-likeness (QED) is 0.568. The van der Waals surface area contributed by atoms with E-state index in [4.69, 9.17) is 10.8 Å². The maximum Gasteiger partial charge on any atom is 0.249 e. The molecular weight excluding hydrogens is 180 g/mol. The van der Waals surface area contributed by atoms with Gasteiger partial charge in [0.25, 0.3) is 0 Å². The number of rotatable bonds is 3. The third-order valence-electron chi connectivity index (χ3n) is 1.30. The molecule has 0 saturated carbocycles. The van der Waals surface area contributed by atoms with Crippen LogP contribution >= 0.6 is 11.3 Å². The van der Waals surface area contributed by atoms with Crippen LogP contribution in [0.25, 0.3) is 0 Å². The van der Waals surface area contributed by atoms with Crippen molar-refractivity contribution in [3.63, 3.8) is 0 Å². The number of hydrogen-bond acceptors (Lipinski definition) is 5. The predicted octanol–water partition coefficient (Wildman–Crippen LogP) is -0.977. The normalized spacial score (nSPS) is 15.5. The lowest BCUT2D eigenvalue weighted by atomic mass is 10.2. The Labute approximate surface area is 72.5 Å². The van der Waals surface area contributed by atoms with Gasteiger partial charge in [0.15, 0.2) is 6.10 Å². The first-order valence-electron chi connectivity index (χ1n) is 3.17. The zero-order chi connectivity index (χ0) is 9.14. The summed E-state index contributed by atoms with van der Waals surface area (Å²) >= 11 is 1.15. The van der Waals surface area contributed by atoms with Crippen molar-refractivity contribution in [2.45, 2.75) is 12.2 Å². The maximum atomic E-state index is 10.4. The van der Waals surface area contributed by atoms with Crippen molar-refractivity contribution in [3.05, 3.63) is 16.6 Å². The molecule has 0 bridgehead atoms. The lowest BCUT2D eigenvalue weighted by Crippen LogP contribution is -2.33. The fourth-order valence-electron chi connectivity index (χ4n) is 0.671. The largest absolute Gasteiger partial charge is 0.383 e. The summed E-state index contributed by atoms with van der Waals surface area (Å²) in [5, 5.41) is 20.2.